The molecule has 0 aliphatic rings. The number of carbonyl (C=O) groups excluding carboxylic acids is 3. The van der Waals surface area contributed by atoms with Gasteiger partial charge in [0.2, 0.25) is 0 Å². The van der Waals surface area contributed by atoms with Gasteiger partial charge < -0.3 is 14.2 Å². The quantitative estimate of drug-likeness (QED) is 0.0261. The first-order valence-corrected chi connectivity index (χ1v) is 35.7. The van der Waals surface area contributed by atoms with Gasteiger partial charge >= 0.3 is 17.9 Å². The Hall–Kier alpha value is -3.67. The summed E-state index contributed by atoms with van der Waals surface area (Å²) in [6, 6.07) is 0. The highest BCUT2D eigenvalue weighted by Gasteiger charge is 2.19. The first-order valence-electron chi connectivity index (χ1n) is 35.7. The molecule has 478 valence electrons. The highest BCUT2D eigenvalue weighted by molar-refractivity contribution is 5.71. The Morgan fingerprint density at radius 2 is 0.470 bits per heavy atom. The zero-order chi connectivity index (χ0) is 59.9. The summed E-state index contributed by atoms with van der Waals surface area (Å²) in [5.74, 6) is -0.864. The van der Waals surface area contributed by atoms with Crippen molar-refractivity contribution in [3.05, 3.63) is 97.2 Å². The van der Waals surface area contributed by atoms with Crippen molar-refractivity contribution in [2.45, 2.75) is 361 Å². The van der Waals surface area contributed by atoms with Crippen LogP contribution in [0.15, 0.2) is 97.2 Å². The Morgan fingerprint density at radius 1 is 0.253 bits per heavy atom. The van der Waals surface area contributed by atoms with Crippen molar-refractivity contribution in [1.29, 1.82) is 0 Å². The predicted octanol–water partition coefficient (Wildman–Crippen LogP) is 24.8. The zero-order valence-electron chi connectivity index (χ0n) is 54.9. The van der Waals surface area contributed by atoms with Crippen LogP contribution in [0.4, 0.5) is 0 Å². The molecule has 0 aromatic rings. The molecule has 0 aliphatic carbocycles. The van der Waals surface area contributed by atoms with E-state index in [1.54, 1.807) is 0 Å². The molecule has 0 N–H and O–H groups in total. The number of carbonyl (C=O) groups is 3. The number of esters is 3. The molecule has 6 nitrogen and oxygen atoms in total. The van der Waals surface area contributed by atoms with Crippen molar-refractivity contribution >= 4 is 17.9 Å². The van der Waals surface area contributed by atoms with Gasteiger partial charge in [0.05, 0.1) is 0 Å². The van der Waals surface area contributed by atoms with Gasteiger partial charge in [-0.1, -0.05) is 330 Å². The molecule has 6 heteroatoms. The Labute approximate surface area is 515 Å². The third-order valence-electron chi connectivity index (χ3n) is 15.6. The molecule has 0 fully saturated rings. The SMILES string of the molecule is CC/C=C\C/C=C\C/C=C\C/C=C\C/C=C\CCCCCCCCCCCCCCCC(=O)OCC(COC(=O)CCCCCCCCCCC)OC(=O)CCCCCCCCCCCCCC/C=C\C/C=C\C/C=C\CCCCCCC. The number of hydrogen-bond donors (Lipinski definition) is 0. The molecule has 0 aromatic heterocycles. The van der Waals surface area contributed by atoms with Gasteiger partial charge in [0, 0.05) is 19.3 Å². The van der Waals surface area contributed by atoms with Gasteiger partial charge in [0.25, 0.3) is 0 Å². The van der Waals surface area contributed by atoms with E-state index in [-0.39, 0.29) is 31.1 Å². The van der Waals surface area contributed by atoms with Crippen LogP contribution in [0.25, 0.3) is 0 Å². The van der Waals surface area contributed by atoms with E-state index in [2.05, 4.69) is 118 Å². The summed E-state index contributed by atoms with van der Waals surface area (Å²) in [6.45, 7) is 6.53. The molecule has 83 heavy (non-hydrogen) atoms. The second kappa shape index (κ2) is 70.8. The minimum absolute atomic E-state index is 0.0744. The summed E-state index contributed by atoms with van der Waals surface area (Å²) in [5, 5.41) is 0. The van der Waals surface area contributed by atoms with Gasteiger partial charge in [0.15, 0.2) is 6.10 Å². The first-order chi connectivity index (χ1) is 41.0. The summed E-state index contributed by atoms with van der Waals surface area (Å²) in [5.41, 5.74) is 0. The molecule has 0 heterocycles. The van der Waals surface area contributed by atoms with E-state index in [0.717, 1.165) is 103 Å². The van der Waals surface area contributed by atoms with Crippen LogP contribution in [0.5, 0.6) is 0 Å². The van der Waals surface area contributed by atoms with Crippen LogP contribution in [0, 0.1) is 0 Å². The lowest BCUT2D eigenvalue weighted by Crippen LogP contribution is -2.30. The molecule has 0 aromatic carbocycles. The average Bonchev–Trinajstić information content (AvgIpc) is 3.49. The van der Waals surface area contributed by atoms with E-state index in [0.29, 0.717) is 19.3 Å². The molecule has 0 saturated heterocycles. The molecule has 0 bridgehead atoms. The molecule has 0 rings (SSSR count). The van der Waals surface area contributed by atoms with Crippen LogP contribution in [0.2, 0.25) is 0 Å². The summed E-state index contributed by atoms with van der Waals surface area (Å²) in [7, 11) is 0. The Kier molecular flexibility index (Phi) is 67.7. The molecule has 0 amide bonds. The summed E-state index contributed by atoms with van der Waals surface area (Å²) >= 11 is 0. The largest absolute Gasteiger partial charge is 0.462 e. The Morgan fingerprint density at radius 3 is 0.735 bits per heavy atom. The molecule has 1 atom stereocenters. The first kappa shape index (κ1) is 79.3. The van der Waals surface area contributed by atoms with Crippen LogP contribution < -0.4 is 0 Å². The smallest absolute Gasteiger partial charge is 0.306 e. The highest BCUT2D eigenvalue weighted by Crippen LogP contribution is 2.17. The lowest BCUT2D eigenvalue weighted by atomic mass is 10.0. The highest BCUT2D eigenvalue weighted by atomic mass is 16.6. The standard InChI is InChI=1S/C77H134O6/c1-4-7-10-13-16-19-21-23-25-27-29-31-33-35-37-38-40-41-43-45-47-49-51-53-55-58-61-64-67-70-76(79)82-73-74(72-81-75(78)69-66-63-60-57-18-15-12-9-6-3)83-77(80)71-68-65-62-59-56-54-52-50-48-46-44-42-39-36-34-32-30-28-26-24-22-20-17-14-11-8-5-2/h7,10,16,19,22-25,28-31,34-37,74H,4-6,8-9,11-15,17-18,20-21,26-27,32-33,38-73H2,1-3H3/b10-7-,19-16-,24-22-,25-23-,30-28-,31-29-,36-34-,37-35-. The lowest BCUT2D eigenvalue weighted by molar-refractivity contribution is -0.167. The van der Waals surface area contributed by atoms with Crippen LogP contribution >= 0.6 is 0 Å². The predicted molar refractivity (Wildman–Crippen MR) is 362 cm³/mol. The molecular formula is C77H134O6. The maximum atomic E-state index is 12.9. The minimum Gasteiger partial charge on any atom is -0.462 e. The molecular weight excluding hydrogens is 1020 g/mol. The number of ether oxygens (including phenoxy) is 3. The number of allylic oxidation sites excluding steroid dienone is 16. The maximum absolute atomic E-state index is 12.9. The summed E-state index contributed by atoms with van der Waals surface area (Å²) in [6.07, 6.45) is 95.9. The van der Waals surface area contributed by atoms with Gasteiger partial charge in [-0.25, -0.2) is 0 Å². The minimum atomic E-state index is -0.777. The number of unbranched alkanes of at least 4 members (excludes halogenated alkanes) is 38. The lowest BCUT2D eigenvalue weighted by Gasteiger charge is -2.18. The van der Waals surface area contributed by atoms with E-state index < -0.39 is 6.10 Å². The normalized spacial score (nSPS) is 12.7. The topological polar surface area (TPSA) is 78.9 Å². The second-order valence-electron chi connectivity index (χ2n) is 23.8. The van der Waals surface area contributed by atoms with Gasteiger partial charge in [-0.2, -0.15) is 0 Å². The molecule has 0 aliphatic heterocycles. The van der Waals surface area contributed by atoms with Crippen molar-refractivity contribution in [2.24, 2.45) is 0 Å². The fraction of sp³-hybridized carbons (Fsp3) is 0.753. The second-order valence-corrected chi connectivity index (χ2v) is 23.8. The third-order valence-corrected chi connectivity index (χ3v) is 15.6. The Bertz CT molecular complexity index is 1610. The van der Waals surface area contributed by atoms with Crippen LogP contribution in [-0.4, -0.2) is 37.2 Å². The van der Waals surface area contributed by atoms with Crippen LogP contribution in [-0.2, 0) is 28.6 Å². The van der Waals surface area contributed by atoms with Crippen LogP contribution in [0.3, 0.4) is 0 Å². The van der Waals surface area contributed by atoms with Gasteiger partial charge in [0.1, 0.15) is 13.2 Å². The van der Waals surface area contributed by atoms with Crippen molar-refractivity contribution in [2.75, 3.05) is 13.2 Å². The van der Waals surface area contributed by atoms with E-state index in [4.69, 9.17) is 14.2 Å². The zero-order valence-corrected chi connectivity index (χ0v) is 54.9. The number of rotatable bonds is 65. The monoisotopic (exact) mass is 1160 g/mol. The number of hydrogen-bond acceptors (Lipinski definition) is 6. The maximum Gasteiger partial charge on any atom is 0.306 e. The fourth-order valence-electron chi connectivity index (χ4n) is 10.2. The van der Waals surface area contributed by atoms with Crippen LogP contribution in [0.1, 0.15) is 355 Å². The van der Waals surface area contributed by atoms with Gasteiger partial charge in [-0.3, -0.25) is 14.4 Å². The molecule has 0 spiro atoms. The van der Waals surface area contributed by atoms with E-state index in [1.807, 2.05) is 0 Å². The van der Waals surface area contributed by atoms with E-state index >= 15 is 0 Å². The molecule has 1 unspecified atom stereocenters. The Balaban J connectivity index is 4.15. The molecule has 0 radical (unpaired) electrons. The van der Waals surface area contributed by atoms with Crippen molar-refractivity contribution in [3.63, 3.8) is 0 Å². The summed E-state index contributed by atoms with van der Waals surface area (Å²) in [4.78, 5) is 38.3. The average molecular weight is 1160 g/mol. The fourth-order valence-corrected chi connectivity index (χ4v) is 10.2. The van der Waals surface area contributed by atoms with Crippen molar-refractivity contribution in [1.82, 2.24) is 0 Å². The van der Waals surface area contributed by atoms with E-state index in [1.165, 1.54) is 212 Å². The van der Waals surface area contributed by atoms with Crippen molar-refractivity contribution in [3.8, 4) is 0 Å². The van der Waals surface area contributed by atoms with Gasteiger partial charge in [-0.05, 0) is 103 Å². The van der Waals surface area contributed by atoms with E-state index in [9.17, 15) is 14.4 Å². The molecule has 0 saturated carbocycles. The third kappa shape index (κ3) is 69.0. The summed E-state index contributed by atoms with van der Waals surface area (Å²) < 4.78 is 16.9. The van der Waals surface area contributed by atoms with Gasteiger partial charge in [-0.15, -0.1) is 0 Å². The van der Waals surface area contributed by atoms with Crippen molar-refractivity contribution < 1.29 is 28.6 Å².